The average Bonchev–Trinajstić information content (AvgIpc) is 3.13. The molecule has 0 aliphatic rings. The first kappa shape index (κ1) is 22.4. The smallest absolute Gasteiger partial charge is 0.319 e. The number of aliphatic hydroxyl groups is 1. The SMILES string of the molecule is CC(C)(C)c1cc(CNC(=O)Nc2ccc(CO)c(F)c2)n(-c2ccc(F)c(F)c2)n1. The van der Waals surface area contributed by atoms with Crippen LogP contribution in [0.3, 0.4) is 0 Å². The minimum atomic E-state index is -1.00. The molecule has 9 heteroatoms. The number of carbonyl (C=O) groups excluding carboxylic acids is 1. The van der Waals surface area contributed by atoms with Crippen LogP contribution in [-0.4, -0.2) is 20.9 Å². The predicted molar refractivity (Wildman–Crippen MR) is 110 cm³/mol. The lowest BCUT2D eigenvalue weighted by Crippen LogP contribution is -2.29. The van der Waals surface area contributed by atoms with Gasteiger partial charge >= 0.3 is 6.03 Å². The molecule has 0 spiro atoms. The van der Waals surface area contributed by atoms with E-state index in [2.05, 4.69) is 15.7 Å². The Hall–Kier alpha value is -3.33. The van der Waals surface area contributed by atoms with E-state index in [9.17, 15) is 18.0 Å². The number of amides is 2. The fourth-order valence-corrected chi connectivity index (χ4v) is 2.85. The van der Waals surface area contributed by atoms with Crippen molar-refractivity contribution in [2.75, 3.05) is 5.32 Å². The summed E-state index contributed by atoms with van der Waals surface area (Å²) in [6.07, 6.45) is 0. The molecule has 0 fully saturated rings. The molecule has 0 saturated heterocycles. The molecule has 3 aromatic rings. The molecule has 1 heterocycles. The van der Waals surface area contributed by atoms with Crippen molar-refractivity contribution in [3.63, 3.8) is 0 Å². The summed E-state index contributed by atoms with van der Waals surface area (Å²) >= 11 is 0. The fraction of sp³-hybridized carbons (Fsp3) is 0.273. The van der Waals surface area contributed by atoms with Crippen molar-refractivity contribution in [2.45, 2.75) is 39.3 Å². The van der Waals surface area contributed by atoms with Gasteiger partial charge in [-0.15, -0.1) is 0 Å². The molecular formula is C22H23F3N4O2. The first-order valence-electron chi connectivity index (χ1n) is 9.57. The zero-order valence-corrected chi connectivity index (χ0v) is 17.3. The molecule has 0 atom stereocenters. The van der Waals surface area contributed by atoms with Crippen molar-refractivity contribution >= 4 is 11.7 Å². The lowest BCUT2D eigenvalue weighted by molar-refractivity contribution is 0.251. The topological polar surface area (TPSA) is 79.2 Å². The van der Waals surface area contributed by atoms with Gasteiger partial charge in [0, 0.05) is 22.7 Å². The van der Waals surface area contributed by atoms with Crippen LogP contribution >= 0.6 is 0 Å². The Balaban J connectivity index is 1.80. The first-order chi connectivity index (χ1) is 14.6. The molecule has 0 aliphatic carbocycles. The lowest BCUT2D eigenvalue weighted by atomic mass is 9.92. The quantitative estimate of drug-likeness (QED) is 0.559. The van der Waals surface area contributed by atoms with Crippen LogP contribution in [0.15, 0.2) is 42.5 Å². The Morgan fingerprint density at radius 3 is 2.39 bits per heavy atom. The van der Waals surface area contributed by atoms with Crippen LogP contribution in [0.25, 0.3) is 5.69 Å². The number of rotatable bonds is 5. The van der Waals surface area contributed by atoms with Gasteiger partial charge in [0.05, 0.1) is 30.2 Å². The summed E-state index contributed by atoms with van der Waals surface area (Å²) in [7, 11) is 0. The third-order valence-electron chi connectivity index (χ3n) is 4.61. The summed E-state index contributed by atoms with van der Waals surface area (Å²) in [5, 5.41) is 18.7. The van der Waals surface area contributed by atoms with Crippen LogP contribution in [0.5, 0.6) is 0 Å². The van der Waals surface area contributed by atoms with Crippen molar-refractivity contribution in [2.24, 2.45) is 0 Å². The maximum atomic E-state index is 13.8. The third-order valence-corrected chi connectivity index (χ3v) is 4.61. The van der Waals surface area contributed by atoms with Crippen molar-refractivity contribution in [1.29, 1.82) is 0 Å². The number of carbonyl (C=O) groups is 1. The normalized spacial score (nSPS) is 11.5. The van der Waals surface area contributed by atoms with E-state index < -0.39 is 30.1 Å². The Morgan fingerprint density at radius 2 is 1.77 bits per heavy atom. The summed E-state index contributed by atoms with van der Waals surface area (Å²) in [5.41, 5.74) is 1.59. The highest BCUT2D eigenvalue weighted by atomic mass is 19.2. The monoisotopic (exact) mass is 432 g/mol. The van der Waals surface area contributed by atoms with Crippen LogP contribution < -0.4 is 10.6 Å². The van der Waals surface area contributed by atoms with Crippen molar-refractivity contribution in [1.82, 2.24) is 15.1 Å². The largest absolute Gasteiger partial charge is 0.392 e. The minimum absolute atomic E-state index is 0.0329. The Bertz CT molecular complexity index is 1110. The molecule has 0 radical (unpaired) electrons. The van der Waals surface area contributed by atoms with Crippen LogP contribution in [0, 0.1) is 17.5 Å². The number of urea groups is 1. The second-order valence-corrected chi connectivity index (χ2v) is 8.05. The van der Waals surface area contributed by atoms with Gasteiger partial charge in [-0.25, -0.2) is 22.6 Å². The number of aliphatic hydroxyl groups excluding tert-OH is 1. The van der Waals surface area contributed by atoms with Gasteiger partial charge in [0.1, 0.15) is 5.82 Å². The molecule has 0 unspecified atom stereocenters. The molecule has 3 rings (SSSR count). The van der Waals surface area contributed by atoms with Gasteiger partial charge in [-0.05, 0) is 30.3 Å². The number of benzene rings is 2. The molecule has 0 aliphatic heterocycles. The first-order valence-corrected chi connectivity index (χ1v) is 9.57. The van der Waals surface area contributed by atoms with E-state index in [1.165, 1.54) is 22.9 Å². The number of anilines is 1. The van der Waals surface area contributed by atoms with E-state index in [4.69, 9.17) is 5.11 Å². The zero-order valence-electron chi connectivity index (χ0n) is 17.3. The highest BCUT2D eigenvalue weighted by molar-refractivity contribution is 5.89. The number of halogens is 3. The Morgan fingerprint density at radius 1 is 1.03 bits per heavy atom. The van der Waals surface area contributed by atoms with E-state index in [0.29, 0.717) is 17.1 Å². The maximum absolute atomic E-state index is 13.8. The zero-order chi connectivity index (χ0) is 22.8. The Kier molecular flexibility index (Phi) is 6.35. The van der Waals surface area contributed by atoms with Gasteiger partial charge in [0.25, 0.3) is 0 Å². The summed E-state index contributed by atoms with van der Waals surface area (Å²) in [5.74, 6) is -2.60. The summed E-state index contributed by atoms with van der Waals surface area (Å²) in [6, 6.07) is 8.57. The number of hydrogen-bond donors (Lipinski definition) is 3. The van der Waals surface area contributed by atoms with Gasteiger partial charge in [0.2, 0.25) is 0 Å². The standard InChI is InChI=1S/C22H23F3N4O2/c1-22(2,3)20-10-16(29(28-20)15-6-7-17(23)19(25)9-15)11-26-21(31)27-14-5-4-13(12-30)18(24)8-14/h4-10,30H,11-12H2,1-3H3,(H2,26,27,31). The fourth-order valence-electron chi connectivity index (χ4n) is 2.85. The van der Waals surface area contributed by atoms with E-state index in [1.54, 1.807) is 6.07 Å². The van der Waals surface area contributed by atoms with E-state index in [0.717, 1.165) is 18.2 Å². The van der Waals surface area contributed by atoms with Gasteiger partial charge in [-0.3, -0.25) is 0 Å². The average molecular weight is 432 g/mol. The molecule has 2 aromatic carbocycles. The van der Waals surface area contributed by atoms with Gasteiger partial charge in [-0.1, -0.05) is 26.8 Å². The second kappa shape index (κ2) is 8.81. The van der Waals surface area contributed by atoms with Crippen molar-refractivity contribution in [3.05, 3.63) is 76.9 Å². The number of nitrogens with one attached hydrogen (secondary N) is 2. The van der Waals surface area contributed by atoms with Gasteiger partial charge in [-0.2, -0.15) is 5.10 Å². The van der Waals surface area contributed by atoms with Crippen LogP contribution in [0.4, 0.5) is 23.7 Å². The molecule has 164 valence electrons. The van der Waals surface area contributed by atoms with Gasteiger partial charge < -0.3 is 15.7 Å². The second-order valence-electron chi connectivity index (χ2n) is 8.05. The number of aromatic nitrogens is 2. The summed E-state index contributed by atoms with van der Waals surface area (Å²) < 4.78 is 42.3. The molecule has 0 saturated carbocycles. The molecule has 3 N–H and O–H groups in total. The third kappa shape index (κ3) is 5.24. The minimum Gasteiger partial charge on any atom is -0.392 e. The summed E-state index contributed by atoms with van der Waals surface area (Å²) in [6.45, 7) is 5.46. The van der Waals surface area contributed by atoms with E-state index in [-0.39, 0.29) is 23.2 Å². The molecule has 6 nitrogen and oxygen atoms in total. The van der Waals surface area contributed by atoms with Gasteiger partial charge in [0.15, 0.2) is 11.6 Å². The van der Waals surface area contributed by atoms with Crippen LogP contribution in [-0.2, 0) is 18.6 Å². The maximum Gasteiger partial charge on any atom is 0.319 e. The van der Waals surface area contributed by atoms with Crippen LogP contribution in [0.2, 0.25) is 0 Å². The van der Waals surface area contributed by atoms with Crippen molar-refractivity contribution < 1.29 is 23.1 Å². The summed E-state index contributed by atoms with van der Waals surface area (Å²) in [4.78, 5) is 12.3. The molecule has 0 bridgehead atoms. The highest BCUT2D eigenvalue weighted by Gasteiger charge is 2.21. The predicted octanol–water partition coefficient (Wildman–Crippen LogP) is 4.40. The highest BCUT2D eigenvalue weighted by Crippen LogP contribution is 2.24. The molecule has 31 heavy (non-hydrogen) atoms. The number of nitrogens with zero attached hydrogens (tertiary/aromatic N) is 2. The molecular weight excluding hydrogens is 409 g/mol. The van der Waals surface area contributed by atoms with E-state index in [1.807, 2.05) is 20.8 Å². The van der Waals surface area contributed by atoms with Crippen LogP contribution in [0.1, 0.15) is 37.7 Å². The number of hydrogen-bond acceptors (Lipinski definition) is 3. The molecule has 2 amide bonds. The van der Waals surface area contributed by atoms with Crippen molar-refractivity contribution in [3.8, 4) is 5.69 Å². The van der Waals surface area contributed by atoms with E-state index >= 15 is 0 Å². The Labute approximate surface area is 177 Å². The lowest BCUT2D eigenvalue weighted by Gasteiger charge is -2.14. The molecule has 1 aromatic heterocycles.